The normalized spacial score (nSPS) is 11.4. The summed E-state index contributed by atoms with van der Waals surface area (Å²) in [7, 11) is 1.66. The van der Waals surface area contributed by atoms with Crippen LogP contribution in [0.2, 0.25) is 0 Å². The van der Waals surface area contributed by atoms with E-state index in [1.165, 1.54) is 0 Å². The van der Waals surface area contributed by atoms with Crippen molar-refractivity contribution in [3.8, 4) is 17.0 Å². The lowest BCUT2D eigenvalue weighted by molar-refractivity contribution is 0.415. The van der Waals surface area contributed by atoms with E-state index < -0.39 is 0 Å². The van der Waals surface area contributed by atoms with E-state index in [2.05, 4.69) is 10.2 Å². The molecule has 0 bridgehead atoms. The van der Waals surface area contributed by atoms with Crippen molar-refractivity contribution in [2.24, 2.45) is 10.2 Å². The van der Waals surface area contributed by atoms with E-state index in [0.29, 0.717) is 5.82 Å². The molecule has 0 fully saturated rings. The Labute approximate surface area is 158 Å². The Morgan fingerprint density at radius 2 is 1.78 bits per heavy atom. The van der Waals surface area contributed by atoms with E-state index in [1.54, 1.807) is 7.11 Å². The van der Waals surface area contributed by atoms with E-state index in [9.17, 15) is 0 Å². The second kappa shape index (κ2) is 7.03. The summed E-state index contributed by atoms with van der Waals surface area (Å²) in [6.45, 7) is 4.08. The van der Waals surface area contributed by atoms with Crippen molar-refractivity contribution in [3.05, 3.63) is 78.0 Å². The first-order chi connectivity index (χ1) is 13.2. The van der Waals surface area contributed by atoms with Crippen LogP contribution in [-0.4, -0.2) is 16.5 Å². The van der Waals surface area contributed by atoms with Crippen molar-refractivity contribution in [2.75, 3.05) is 7.11 Å². The van der Waals surface area contributed by atoms with Crippen LogP contribution in [0.25, 0.3) is 16.9 Å². The van der Waals surface area contributed by atoms with Crippen LogP contribution >= 0.6 is 0 Å². The second-order valence-electron chi connectivity index (χ2n) is 6.44. The van der Waals surface area contributed by atoms with Crippen LogP contribution in [0.15, 0.2) is 77.1 Å². The van der Waals surface area contributed by atoms with Gasteiger partial charge in [-0.15, -0.1) is 10.2 Å². The molecule has 0 spiro atoms. The van der Waals surface area contributed by atoms with Crippen molar-refractivity contribution >= 4 is 17.2 Å². The smallest absolute Gasteiger partial charge is 0.187 e. The van der Waals surface area contributed by atoms with E-state index in [4.69, 9.17) is 9.72 Å². The molecule has 2 aromatic heterocycles. The fourth-order valence-electron chi connectivity index (χ4n) is 3.05. The maximum Gasteiger partial charge on any atom is 0.187 e. The van der Waals surface area contributed by atoms with E-state index >= 15 is 0 Å². The first-order valence-corrected chi connectivity index (χ1v) is 8.76. The van der Waals surface area contributed by atoms with Crippen molar-refractivity contribution in [1.82, 2.24) is 9.38 Å². The Hall–Kier alpha value is -3.47. The molecule has 5 nitrogen and oxygen atoms in total. The molecule has 0 aliphatic carbocycles. The van der Waals surface area contributed by atoms with Gasteiger partial charge in [-0.1, -0.05) is 30.3 Å². The first-order valence-electron chi connectivity index (χ1n) is 8.76. The highest BCUT2D eigenvalue weighted by Crippen LogP contribution is 2.34. The van der Waals surface area contributed by atoms with Gasteiger partial charge in [0.1, 0.15) is 17.1 Å². The number of benzene rings is 2. The average molecular weight is 356 g/mol. The summed E-state index contributed by atoms with van der Waals surface area (Å²) in [6, 6.07) is 19.8. The van der Waals surface area contributed by atoms with Crippen molar-refractivity contribution < 1.29 is 4.74 Å². The number of aromatic nitrogens is 2. The number of ether oxygens (including phenoxy) is 1. The molecule has 4 aromatic rings. The van der Waals surface area contributed by atoms with E-state index in [0.717, 1.165) is 39.5 Å². The van der Waals surface area contributed by atoms with Gasteiger partial charge in [0.05, 0.1) is 12.8 Å². The Balaban J connectivity index is 1.90. The summed E-state index contributed by atoms with van der Waals surface area (Å²) in [6.07, 6.45) is 1.96. The van der Waals surface area contributed by atoms with Crippen LogP contribution in [-0.2, 0) is 0 Å². The Kier molecular flexibility index (Phi) is 4.42. The highest BCUT2D eigenvalue weighted by atomic mass is 16.5. The summed E-state index contributed by atoms with van der Waals surface area (Å²) < 4.78 is 7.34. The summed E-state index contributed by atoms with van der Waals surface area (Å²) in [5, 5.41) is 9.01. The highest BCUT2D eigenvalue weighted by Gasteiger charge is 2.15. The number of imidazole rings is 1. The number of hydrogen-bond donors (Lipinski definition) is 0. The van der Waals surface area contributed by atoms with Gasteiger partial charge in [-0.3, -0.25) is 4.40 Å². The predicted octanol–water partition coefficient (Wildman–Crippen LogP) is 6.04. The third kappa shape index (κ3) is 3.31. The standard InChI is InChI=1S/C22H20N4O/c1-15-7-4-10-18(13-15)24-25-22-20(17-9-5-11-19(14-17)27-3)23-21-16(2)8-6-12-26(21)22/h4-14H,1-3H3. The van der Waals surface area contributed by atoms with Crippen molar-refractivity contribution in [2.45, 2.75) is 13.8 Å². The zero-order valence-corrected chi connectivity index (χ0v) is 15.5. The number of nitrogens with zero attached hydrogens (tertiary/aromatic N) is 4. The molecule has 0 saturated heterocycles. The summed E-state index contributed by atoms with van der Waals surface area (Å²) in [4.78, 5) is 4.84. The van der Waals surface area contributed by atoms with Crippen LogP contribution in [0.1, 0.15) is 11.1 Å². The molecule has 0 radical (unpaired) electrons. The number of hydrogen-bond acceptors (Lipinski definition) is 4. The molecule has 0 unspecified atom stereocenters. The van der Waals surface area contributed by atoms with Crippen LogP contribution in [0.5, 0.6) is 5.75 Å². The third-order valence-corrected chi connectivity index (χ3v) is 4.42. The fraction of sp³-hybridized carbons (Fsp3) is 0.136. The van der Waals surface area contributed by atoms with Crippen LogP contribution in [0.3, 0.4) is 0 Å². The maximum absolute atomic E-state index is 5.37. The number of methoxy groups -OCH3 is 1. The molecule has 4 rings (SSSR count). The van der Waals surface area contributed by atoms with Gasteiger partial charge in [-0.05, 0) is 55.3 Å². The van der Waals surface area contributed by atoms with Gasteiger partial charge in [-0.25, -0.2) is 4.98 Å². The zero-order chi connectivity index (χ0) is 18.8. The Morgan fingerprint density at radius 1 is 0.926 bits per heavy atom. The summed E-state index contributed by atoms with van der Waals surface area (Å²) >= 11 is 0. The topological polar surface area (TPSA) is 51.2 Å². The minimum atomic E-state index is 0.698. The molecule has 0 atom stereocenters. The zero-order valence-electron chi connectivity index (χ0n) is 15.5. The minimum absolute atomic E-state index is 0.698. The first kappa shape index (κ1) is 17.0. The summed E-state index contributed by atoms with van der Waals surface area (Å²) in [5.41, 5.74) is 5.63. The molecule has 0 N–H and O–H groups in total. The molecule has 5 heteroatoms. The number of rotatable bonds is 4. The third-order valence-electron chi connectivity index (χ3n) is 4.42. The Bertz CT molecular complexity index is 1140. The van der Waals surface area contributed by atoms with E-state index in [-0.39, 0.29) is 0 Å². The van der Waals surface area contributed by atoms with Gasteiger partial charge in [0.2, 0.25) is 0 Å². The Morgan fingerprint density at radius 3 is 2.59 bits per heavy atom. The molecular formula is C22H20N4O. The number of azo groups is 1. The van der Waals surface area contributed by atoms with Gasteiger partial charge >= 0.3 is 0 Å². The minimum Gasteiger partial charge on any atom is -0.497 e. The lowest BCUT2D eigenvalue weighted by Gasteiger charge is -2.03. The SMILES string of the molecule is COc1cccc(-c2nc3c(C)cccn3c2N=Nc2cccc(C)c2)c1. The number of aryl methyl sites for hydroxylation is 2. The molecule has 0 aliphatic heterocycles. The fourth-order valence-corrected chi connectivity index (χ4v) is 3.05. The van der Waals surface area contributed by atoms with E-state index in [1.807, 2.05) is 85.1 Å². The largest absolute Gasteiger partial charge is 0.497 e. The lowest BCUT2D eigenvalue weighted by Crippen LogP contribution is -1.85. The molecule has 0 saturated carbocycles. The molecular weight excluding hydrogens is 336 g/mol. The van der Waals surface area contributed by atoms with Crippen molar-refractivity contribution in [3.63, 3.8) is 0 Å². The molecule has 0 amide bonds. The van der Waals surface area contributed by atoms with Crippen molar-refractivity contribution in [1.29, 1.82) is 0 Å². The highest BCUT2D eigenvalue weighted by molar-refractivity contribution is 5.76. The second-order valence-corrected chi connectivity index (χ2v) is 6.44. The molecule has 134 valence electrons. The summed E-state index contributed by atoms with van der Waals surface area (Å²) in [5.74, 6) is 1.48. The van der Waals surface area contributed by atoms with Gasteiger partial charge in [0, 0.05) is 11.8 Å². The molecule has 0 aliphatic rings. The van der Waals surface area contributed by atoms with Crippen LogP contribution in [0, 0.1) is 13.8 Å². The lowest BCUT2D eigenvalue weighted by atomic mass is 10.1. The molecule has 27 heavy (non-hydrogen) atoms. The van der Waals surface area contributed by atoms with Gasteiger partial charge in [0.15, 0.2) is 5.82 Å². The van der Waals surface area contributed by atoms with Gasteiger partial charge < -0.3 is 4.74 Å². The quantitative estimate of drug-likeness (QED) is 0.418. The maximum atomic E-state index is 5.37. The average Bonchev–Trinajstić information content (AvgIpc) is 3.06. The van der Waals surface area contributed by atoms with Gasteiger partial charge in [0.25, 0.3) is 0 Å². The van der Waals surface area contributed by atoms with Gasteiger partial charge in [-0.2, -0.15) is 0 Å². The molecule has 2 aromatic carbocycles. The number of fused-ring (bicyclic) bond motifs is 1. The van der Waals surface area contributed by atoms with Crippen LogP contribution in [0.4, 0.5) is 11.5 Å². The molecule has 2 heterocycles. The monoisotopic (exact) mass is 356 g/mol. The predicted molar refractivity (Wildman–Crippen MR) is 107 cm³/mol. The van der Waals surface area contributed by atoms with Crippen LogP contribution < -0.4 is 4.74 Å². The number of pyridine rings is 1.